The summed E-state index contributed by atoms with van der Waals surface area (Å²) in [5, 5.41) is 8.30. The van der Waals surface area contributed by atoms with Crippen LogP contribution in [0.5, 0.6) is 0 Å². The average Bonchev–Trinajstić information content (AvgIpc) is 2.89. The average molecular weight is 535 g/mol. The molecule has 0 spiro atoms. The Morgan fingerprint density at radius 1 is 1.03 bits per heavy atom. The van der Waals surface area contributed by atoms with E-state index in [0.29, 0.717) is 36.3 Å². The van der Waals surface area contributed by atoms with Crippen LogP contribution in [0.2, 0.25) is 0 Å². The highest BCUT2D eigenvalue weighted by atomic mass is 16.6. The van der Waals surface area contributed by atoms with E-state index in [9.17, 15) is 19.2 Å². The lowest BCUT2D eigenvalue weighted by Gasteiger charge is -2.33. The van der Waals surface area contributed by atoms with E-state index in [-0.39, 0.29) is 24.3 Å². The van der Waals surface area contributed by atoms with Crippen LogP contribution in [-0.4, -0.2) is 53.4 Å². The maximum atomic E-state index is 13.5. The number of ether oxygens (including phenoxy) is 1. The number of amides is 4. The van der Waals surface area contributed by atoms with Gasteiger partial charge in [-0.2, -0.15) is 0 Å². The molecule has 2 aromatic carbocycles. The van der Waals surface area contributed by atoms with Crippen LogP contribution in [0.15, 0.2) is 66.7 Å². The van der Waals surface area contributed by atoms with Gasteiger partial charge in [-0.05, 0) is 64.3 Å². The highest BCUT2D eigenvalue weighted by Crippen LogP contribution is 2.22. The Morgan fingerprint density at radius 2 is 1.77 bits per heavy atom. The first-order valence-electron chi connectivity index (χ1n) is 13.2. The van der Waals surface area contributed by atoms with Gasteiger partial charge in [0.05, 0.1) is 0 Å². The van der Waals surface area contributed by atoms with E-state index >= 15 is 0 Å². The van der Waals surface area contributed by atoms with Crippen LogP contribution in [0.4, 0.5) is 10.5 Å². The topological polar surface area (TPSA) is 117 Å². The van der Waals surface area contributed by atoms with Crippen LogP contribution < -0.4 is 16.0 Å². The Hall–Kier alpha value is -4.14. The molecule has 208 valence electrons. The Balaban J connectivity index is 1.60. The third-order valence-electron chi connectivity index (χ3n) is 6.07. The number of carbonyl (C=O) groups is 4. The number of benzene rings is 2. The van der Waals surface area contributed by atoms with E-state index in [2.05, 4.69) is 22.0 Å². The van der Waals surface area contributed by atoms with Crippen molar-refractivity contribution in [2.75, 3.05) is 18.4 Å². The normalized spacial score (nSPS) is 15.7. The molecule has 0 fully saturated rings. The quantitative estimate of drug-likeness (QED) is 0.322. The molecule has 0 aliphatic carbocycles. The second-order valence-electron chi connectivity index (χ2n) is 10.5. The molecule has 0 radical (unpaired) electrons. The Morgan fingerprint density at radius 3 is 2.46 bits per heavy atom. The summed E-state index contributed by atoms with van der Waals surface area (Å²) in [7, 11) is 0. The van der Waals surface area contributed by atoms with Gasteiger partial charge in [-0.1, -0.05) is 48.6 Å². The van der Waals surface area contributed by atoms with Crippen LogP contribution in [0.3, 0.4) is 0 Å². The molecule has 1 unspecified atom stereocenters. The van der Waals surface area contributed by atoms with Crippen LogP contribution in [0.25, 0.3) is 0 Å². The van der Waals surface area contributed by atoms with E-state index in [4.69, 9.17) is 4.74 Å². The van der Waals surface area contributed by atoms with Gasteiger partial charge in [-0.3, -0.25) is 14.4 Å². The molecule has 0 saturated carbocycles. The van der Waals surface area contributed by atoms with Crippen molar-refractivity contribution in [3.8, 4) is 0 Å². The van der Waals surface area contributed by atoms with Crippen molar-refractivity contribution in [2.45, 2.75) is 64.6 Å². The van der Waals surface area contributed by atoms with Gasteiger partial charge >= 0.3 is 6.09 Å². The number of hydrogen-bond donors (Lipinski definition) is 3. The first-order chi connectivity index (χ1) is 18.5. The Bertz CT molecular complexity index is 1190. The first kappa shape index (κ1) is 29.4. The van der Waals surface area contributed by atoms with Crippen LogP contribution in [0.1, 0.15) is 68.9 Å². The maximum Gasteiger partial charge on any atom is 0.407 e. The molecular formula is C30H38N4O5. The third-order valence-corrected chi connectivity index (χ3v) is 6.07. The van der Waals surface area contributed by atoms with Gasteiger partial charge in [0.15, 0.2) is 0 Å². The largest absolute Gasteiger partial charge is 0.444 e. The van der Waals surface area contributed by atoms with Crippen molar-refractivity contribution < 1.29 is 23.9 Å². The summed E-state index contributed by atoms with van der Waals surface area (Å²) >= 11 is 0. The third kappa shape index (κ3) is 9.28. The zero-order valence-corrected chi connectivity index (χ0v) is 23.0. The van der Waals surface area contributed by atoms with Crippen molar-refractivity contribution in [1.29, 1.82) is 0 Å². The molecule has 3 rings (SSSR count). The summed E-state index contributed by atoms with van der Waals surface area (Å²) in [6, 6.07) is 14.9. The van der Waals surface area contributed by atoms with Gasteiger partial charge in [0.2, 0.25) is 11.8 Å². The number of rotatable bonds is 9. The highest BCUT2D eigenvalue weighted by molar-refractivity contribution is 5.99. The lowest BCUT2D eigenvalue weighted by molar-refractivity contribution is -0.135. The first-order valence-corrected chi connectivity index (χ1v) is 13.2. The monoisotopic (exact) mass is 534 g/mol. The summed E-state index contributed by atoms with van der Waals surface area (Å²) in [4.78, 5) is 52.7. The standard InChI is InChI=1S/C30H38N4O5/c1-21-12-8-9-19-34(21)28(37)26(22-13-6-5-7-14-22)33-27(36)23-15-10-16-24(20-23)32-25(35)17-11-18-31-29(38)39-30(2,3)4/h5-10,13-16,20-21,26H,11-12,17-19H2,1-4H3,(H,31,38)(H,32,35)(H,33,36)/t21?,26-/m0/s1. The molecule has 1 aliphatic rings. The van der Waals surface area contributed by atoms with Gasteiger partial charge in [-0.15, -0.1) is 0 Å². The van der Waals surface area contributed by atoms with E-state index in [1.54, 1.807) is 49.9 Å². The van der Waals surface area contributed by atoms with Crippen molar-refractivity contribution in [2.24, 2.45) is 0 Å². The molecule has 9 heteroatoms. The summed E-state index contributed by atoms with van der Waals surface area (Å²) in [5.74, 6) is -0.839. The molecule has 4 amide bonds. The molecule has 1 heterocycles. The van der Waals surface area contributed by atoms with Gasteiger partial charge < -0.3 is 25.6 Å². The second kappa shape index (κ2) is 13.6. The molecule has 9 nitrogen and oxygen atoms in total. The summed E-state index contributed by atoms with van der Waals surface area (Å²) < 4.78 is 5.17. The van der Waals surface area contributed by atoms with E-state index in [1.165, 1.54) is 0 Å². The molecule has 2 aromatic rings. The summed E-state index contributed by atoms with van der Waals surface area (Å²) in [6.45, 7) is 8.12. The number of nitrogens with one attached hydrogen (secondary N) is 3. The lowest BCUT2D eigenvalue weighted by atomic mass is 10.0. The van der Waals surface area contributed by atoms with Crippen molar-refractivity contribution in [3.05, 3.63) is 77.9 Å². The number of alkyl carbamates (subject to hydrolysis) is 1. The SMILES string of the molecule is CC1CC=CCN1C(=O)[C@@H](NC(=O)c1cccc(NC(=O)CCCNC(=O)OC(C)(C)C)c1)c1ccccc1. The molecular weight excluding hydrogens is 496 g/mol. The molecule has 0 aromatic heterocycles. The zero-order valence-electron chi connectivity index (χ0n) is 23.0. The molecule has 0 saturated heterocycles. The predicted octanol–water partition coefficient (Wildman–Crippen LogP) is 4.58. The van der Waals surface area contributed by atoms with E-state index < -0.39 is 23.6 Å². The van der Waals surface area contributed by atoms with Gasteiger partial charge in [0.1, 0.15) is 11.6 Å². The molecule has 1 aliphatic heterocycles. The zero-order chi connectivity index (χ0) is 28.4. The predicted molar refractivity (Wildman–Crippen MR) is 150 cm³/mol. The van der Waals surface area contributed by atoms with Crippen LogP contribution in [-0.2, 0) is 14.3 Å². The number of carbonyl (C=O) groups excluding carboxylic acids is 4. The number of anilines is 1. The molecule has 3 N–H and O–H groups in total. The fourth-order valence-corrected chi connectivity index (χ4v) is 4.12. The highest BCUT2D eigenvalue weighted by Gasteiger charge is 2.30. The van der Waals surface area contributed by atoms with Gasteiger partial charge in [0, 0.05) is 36.8 Å². The van der Waals surface area contributed by atoms with E-state index in [0.717, 1.165) is 6.42 Å². The second-order valence-corrected chi connectivity index (χ2v) is 10.5. The van der Waals surface area contributed by atoms with Crippen LogP contribution >= 0.6 is 0 Å². The maximum absolute atomic E-state index is 13.5. The number of nitrogens with zero attached hydrogens (tertiary/aromatic N) is 1. The minimum absolute atomic E-state index is 0.0310. The van der Waals surface area contributed by atoms with Crippen molar-refractivity contribution in [1.82, 2.24) is 15.5 Å². The molecule has 2 atom stereocenters. The molecule has 39 heavy (non-hydrogen) atoms. The molecule has 0 bridgehead atoms. The summed E-state index contributed by atoms with van der Waals surface area (Å²) in [6.07, 6.45) is 4.86. The Kier molecular flexibility index (Phi) is 10.3. The number of hydrogen-bond acceptors (Lipinski definition) is 5. The summed E-state index contributed by atoms with van der Waals surface area (Å²) in [5.41, 5.74) is 0.892. The van der Waals surface area contributed by atoms with Crippen molar-refractivity contribution >= 4 is 29.5 Å². The Labute approximate surface area is 230 Å². The smallest absolute Gasteiger partial charge is 0.407 e. The van der Waals surface area contributed by atoms with Crippen molar-refractivity contribution in [3.63, 3.8) is 0 Å². The minimum atomic E-state index is -0.844. The fourth-order valence-electron chi connectivity index (χ4n) is 4.12. The van der Waals surface area contributed by atoms with Crippen LogP contribution in [0, 0.1) is 0 Å². The van der Waals surface area contributed by atoms with Gasteiger partial charge in [-0.25, -0.2) is 4.79 Å². The minimum Gasteiger partial charge on any atom is -0.444 e. The lowest BCUT2D eigenvalue weighted by Crippen LogP contribution is -2.47. The fraction of sp³-hybridized carbons (Fsp3) is 0.400. The van der Waals surface area contributed by atoms with Gasteiger partial charge in [0.25, 0.3) is 5.91 Å². The van der Waals surface area contributed by atoms with E-state index in [1.807, 2.05) is 43.3 Å².